The average molecular weight is 463 g/mol. The number of aryl methyl sites for hydroxylation is 2. The molecular formula is C25H32Cl2N2O2. The fraction of sp³-hybridized carbons (Fsp3) is 0.440. The monoisotopic (exact) mass is 462 g/mol. The van der Waals surface area contributed by atoms with Gasteiger partial charge in [-0.05, 0) is 49.4 Å². The third-order valence-corrected chi connectivity index (χ3v) is 5.91. The number of nitrogens with one attached hydrogen (secondary N) is 1. The minimum atomic E-state index is -0.547. The van der Waals surface area contributed by atoms with Crippen molar-refractivity contribution in [3.8, 4) is 0 Å². The Morgan fingerprint density at radius 2 is 1.77 bits per heavy atom. The van der Waals surface area contributed by atoms with Crippen molar-refractivity contribution < 1.29 is 9.59 Å². The van der Waals surface area contributed by atoms with Crippen LogP contribution >= 0.6 is 23.2 Å². The van der Waals surface area contributed by atoms with Gasteiger partial charge >= 0.3 is 0 Å². The first-order valence-electron chi connectivity index (χ1n) is 10.9. The minimum absolute atomic E-state index is 0.0657. The fourth-order valence-corrected chi connectivity index (χ4v) is 3.88. The SMILES string of the molecule is CCCCNC(=O)[C@H](CC)N(Cc1ccc(Cl)cc1Cl)C(=O)CCc1ccc(C)cc1. The van der Waals surface area contributed by atoms with Gasteiger partial charge < -0.3 is 10.2 Å². The van der Waals surface area contributed by atoms with E-state index < -0.39 is 6.04 Å². The van der Waals surface area contributed by atoms with Gasteiger partial charge in [0.1, 0.15) is 6.04 Å². The van der Waals surface area contributed by atoms with E-state index >= 15 is 0 Å². The lowest BCUT2D eigenvalue weighted by Gasteiger charge is -2.31. The summed E-state index contributed by atoms with van der Waals surface area (Å²) in [5.74, 6) is -0.186. The molecule has 2 rings (SSSR count). The van der Waals surface area contributed by atoms with Gasteiger partial charge in [-0.1, -0.05) is 79.4 Å². The van der Waals surface area contributed by atoms with Gasteiger partial charge in [-0.2, -0.15) is 0 Å². The van der Waals surface area contributed by atoms with Crippen molar-refractivity contribution in [1.29, 1.82) is 0 Å². The molecule has 2 aromatic rings. The molecule has 0 aliphatic heterocycles. The first kappa shape index (κ1) is 25.2. The Morgan fingerprint density at radius 3 is 2.39 bits per heavy atom. The molecule has 2 aromatic carbocycles. The highest BCUT2D eigenvalue weighted by Gasteiger charge is 2.28. The van der Waals surface area contributed by atoms with Crippen LogP contribution in [0.5, 0.6) is 0 Å². The third kappa shape index (κ3) is 7.86. The summed E-state index contributed by atoms with van der Waals surface area (Å²) in [5.41, 5.74) is 3.06. The molecule has 0 bridgehead atoms. The van der Waals surface area contributed by atoms with Gasteiger partial charge in [-0.25, -0.2) is 0 Å². The molecule has 0 spiro atoms. The van der Waals surface area contributed by atoms with Gasteiger partial charge in [0.25, 0.3) is 0 Å². The topological polar surface area (TPSA) is 49.4 Å². The van der Waals surface area contributed by atoms with E-state index in [2.05, 4.69) is 12.2 Å². The number of hydrogen-bond donors (Lipinski definition) is 1. The predicted octanol–water partition coefficient (Wildman–Crippen LogP) is 5.96. The predicted molar refractivity (Wildman–Crippen MR) is 129 cm³/mol. The smallest absolute Gasteiger partial charge is 0.242 e. The summed E-state index contributed by atoms with van der Waals surface area (Å²) in [6.45, 7) is 6.91. The number of halogens is 2. The van der Waals surface area contributed by atoms with E-state index in [1.165, 1.54) is 5.56 Å². The zero-order chi connectivity index (χ0) is 22.8. The van der Waals surface area contributed by atoms with Crippen LogP contribution in [0.1, 0.15) is 56.2 Å². The number of nitrogens with zero attached hydrogens (tertiary/aromatic N) is 1. The second-order valence-corrected chi connectivity index (χ2v) is 8.66. The summed E-state index contributed by atoms with van der Waals surface area (Å²) in [4.78, 5) is 27.8. The Balaban J connectivity index is 2.20. The summed E-state index contributed by atoms with van der Waals surface area (Å²) in [6.07, 6.45) is 3.38. The highest BCUT2D eigenvalue weighted by atomic mass is 35.5. The van der Waals surface area contributed by atoms with E-state index in [0.29, 0.717) is 35.9 Å². The molecule has 168 valence electrons. The molecule has 31 heavy (non-hydrogen) atoms. The summed E-state index contributed by atoms with van der Waals surface area (Å²) >= 11 is 12.4. The van der Waals surface area contributed by atoms with E-state index in [4.69, 9.17) is 23.2 Å². The quantitative estimate of drug-likeness (QED) is 0.418. The van der Waals surface area contributed by atoms with Crippen LogP contribution in [0.2, 0.25) is 10.0 Å². The number of benzene rings is 2. The van der Waals surface area contributed by atoms with Crippen molar-refractivity contribution in [2.45, 2.75) is 65.5 Å². The number of amides is 2. The Labute approximate surface area is 195 Å². The lowest BCUT2D eigenvalue weighted by molar-refractivity contribution is -0.141. The van der Waals surface area contributed by atoms with E-state index in [-0.39, 0.29) is 18.4 Å². The van der Waals surface area contributed by atoms with E-state index in [9.17, 15) is 9.59 Å². The highest BCUT2D eigenvalue weighted by Crippen LogP contribution is 2.24. The maximum Gasteiger partial charge on any atom is 0.242 e. The molecule has 6 heteroatoms. The maximum atomic E-state index is 13.3. The second-order valence-electron chi connectivity index (χ2n) is 7.81. The standard InChI is InChI=1S/C25H32Cl2N2O2/c1-4-6-15-28-25(31)23(5-2)29(17-20-12-13-21(26)16-22(20)27)24(30)14-11-19-9-7-18(3)8-10-19/h7-10,12-13,16,23H,4-6,11,14-15,17H2,1-3H3,(H,28,31)/t23-/m0/s1. The molecule has 4 nitrogen and oxygen atoms in total. The Morgan fingerprint density at radius 1 is 1.06 bits per heavy atom. The van der Waals surface area contributed by atoms with Crippen molar-refractivity contribution >= 4 is 35.0 Å². The lowest BCUT2D eigenvalue weighted by atomic mass is 10.0. The first-order valence-corrected chi connectivity index (χ1v) is 11.7. The number of rotatable bonds is 11. The molecule has 0 aliphatic carbocycles. The van der Waals surface area contributed by atoms with Crippen LogP contribution in [0.3, 0.4) is 0 Å². The molecule has 0 saturated carbocycles. The molecule has 0 fully saturated rings. The molecule has 1 N–H and O–H groups in total. The normalized spacial score (nSPS) is 11.8. The molecule has 1 atom stereocenters. The molecule has 0 heterocycles. The zero-order valence-electron chi connectivity index (χ0n) is 18.6. The van der Waals surface area contributed by atoms with Crippen LogP contribution < -0.4 is 5.32 Å². The molecule has 0 aromatic heterocycles. The minimum Gasteiger partial charge on any atom is -0.354 e. The number of unbranched alkanes of at least 4 members (excludes halogenated alkanes) is 1. The number of carbonyl (C=O) groups excluding carboxylic acids is 2. The summed E-state index contributed by atoms with van der Waals surface area (Å²) in [7, 11) is 0. The highest BCUT2D eigenvalue weighted by molar-refractivity contribution is 6.35. The summed E-state index contributed by atoms with van der Waals surface area (Å²) < 4.78 is 0. The Kier molecular flexibility index (Phi) is 10.4. The van der Waals surface area contributed by atoms with E-state index in [1.807, 2.05) is 44.2 Å². The number of hydrogen-bond acceptors (Lipinski definition) is 2. The molecule has 0 aliphatic rings. The van der Waals surface area contributed by atoms with Crippen molar-refractivity contribution in [2.24, 2.45) is 0 Å². The third-order valence-electron chi connectivity index (χ3n) is 5.32. The van der Waals surface area contributed by atoms with Gasteiger partial charge in [0.2, 0.25) is 11.8 Å². The van der Waals surface area contributed by atoms with Gasteiger partial charge in [0, 0.05) is 29.6 Å². The fourth-order valence-electron chi connectivity index (χ4n) is 3.41. The molecule has 0 saturated heterocycles. The average Bonchev–Trinajstić information content (AvgIpc) is 2.74. The molecule has 2 amide bonds. The van der Waals surface area contributed by atoms with Crippen molar-refractivity contribution in [3.63, 3.8) is 0 Å². The van der Waals surface area contributed by atoms with Crippen LogP contribution in [-0.2, 0) is 22.6 Å². The number of carbonyl (C=O) groups is 2. The lowest BCUT2D eigenvalue weighted by Crippen LogP contribution is -2.49. The van der Waals surface area contributed by atoms with Crippen LogP contribution in [0.25, 0.3) is 0 Å². The van der Waals surface area contributed by atoms with E-state index in [1.54, 1.807) is 17.0 Å². The molecular weight excluding hydrogens is 431 g/mol. The zero-order valence-corrected chi connectivity index (χ0v) is 20.1. The Bertz CT molecular complexity index is 868. The van der Waals surface area contributed by atoms with Gasteiger partial charge in [0.15, 0.2) is 0 Å². The summed E-state index contributed by atoms with van der Waals surface area (Å²) in [6, 6.07) is 12.8. The Hall–Kier alpha value is -2.04. The van der Waals surface area contributed by atoms with Crippen LogP contribution in [-0.4, -0.2) is 29.3 Å². The molecule has 0 radical (unpaired) electrons. The van der Waals surface area contributed by atoms with Crippen molar-refractivity contribution in [1.82, 2.24) is 10.2 Å². The van der Waals surface area contributed by atoms with Gasteiger partial charge in [0.05, 0.1) is 0 Å². The van der Waals surface area contributed by atoms with Gasteiger partial charge in [-0.3, -0.25) is 9.59 Å². The second kappa shape index (κ2) is 12.7. The van der Waals surface area contributed by atoms with Crippen LogP contribution in [0, 0.1) is 6.92 Å². The summed E-state index contributed by atoms with van der Waals surface area (Å²) in [5, 5.41) is 4.00. The van der Waals surface area contributed by atoms with Crippen LogP contribution in [0.15, 0.2) is 42.5 Å². The van der Waals surface area contributed by atoms with Crippen molar-refractivity contribution in [2.75, 3.05) is 6.54 Å². The first-order chi connectivity index (χ1) is 14.8. The van der Waals surface area contributed by atoms with E-state index in [0.717, 1.165) is 24.0 Å². The largest absolute Gasteiger partial charge is 0.354 e. The van der Waals surface area contributed by atoms with Gasteiger partial charge in [-0.15, -0.1) is 0 Å². The molecule has 0 unspecified atom stereocenters. The maximum absolute atomic E-state index is 13.3. The van der Waals surface area contributed by atoms with Crippen LogP contribution in [0.4, 0.5) is 0 Å². The van der Waals surface area contributed by atoms with Crippen molar-refractivity contribution in [3.05, 3.63) is 69.2 Å².